The first-order chi connectivity index (χ1) is 8.72. The van der Waals surface area contributed by atoms with Crippen molar-refractivity contribution in [1.82, 2.24) is 0 Å². The lowest BCUT2D eigenvalue weighted by molar-refractivity contribution is -0.128. The molecule has 0 aliphatic heterocycles. The Morgan fingerprint density at radius 2 is 1.72 bits per heavy atom. The molecule has 0 spiro atoms. The molecule has 4 rings (SSSR count). The van der Waals surface area contributed by atoms with E-state index in [1.165, 1.54) is 32.1 Å². The van der Waals surface area contributed by atoms with Crippen LogP contribution in [0.25, 0.3) is 0 Å². The Morgan fingerprint density at radius 1 is 1.17 bits per heavy atom. The van der Waals surface area contributed by atoms with Crippen molar-refractivity contribution in [3.05, 3.63) is 0 Å². The molecular weight excluding hydrogens is 222 g/mol. The highest BCUT2D eigenvalue weighted by molar-refractivity contribution is 5.83. The quantitative estimate of drug-likeness (QED) is 0.759. The second kappa shape index (κ2) is 4.68. The lowest BCUT2D eigenvalue weighted by atomic mass is 9.49. The second-order valence-corrected chi connectivity index (χ2v) is 6.83. The van der Waals surface area contributed by atoms with Gasteiger partial charge in [0, 0.05) is 6.42 Å². The van der Waals surface area contributed by atoms with Crippen LogP contribution in [0.5, 0.6) is 0 Å². The number of hydrogen-bond donors (Lipinski definition) is 0. The third kappa shape index (κ3) is 1.88. The van der Waals surface area contributed by atoms with Crippen molar-refractivity contribution >= 4 is 5.78 Å². The maximum Gasteiger partial charge on any atom is 0.150 e. The van der Waals surface area contributed by atoms with E-state index in [0.29, 0.717) is 24.2 Å². The van der Waals surface area contributed by atoms with E-state index in [0.717, 1.165) is 18.3 Å². The van der Waals surface area contributed by atoms with Crippen LogP contribution in [0.1, 0.15) is 51.9 Å². The summed E-state index contributed by atoms with van der Waals surface area (Å²) >= 11 is 0. The Balaban J connectivity index is 1.79. The van der Waals surface area contributed by atoms with Crippen LogP contribution in [0, 0.1) is 46.8 Å². The molecule has 0 amide bonds. The molecule has 4 fully saturated rings. The van der Waals surface area contributed by atoms with Crippen LogP contribution in [0.3, 0.4) is 0 Å². The molecule has 0 saturated heterocycles. The van der Waals surface area contributed by atoms with Gasteiger partial charge in [0.05, 0.1) is 6.07 Å². The Labute approximate surface area is 110 Å². The zero-order valence-electron chi connectivity index (χ0n) is 11.3. The molecule has 4 aliphatic rings. The standard InChI is InChI=1S/C16H23NO/c1-2-3-15(18)14(9-17)16-12-5-10-4-11(7-12)8-13(16)6-10/h10-14,16H,2-8H2,1H3. The topological polar surface area (TPSA) is 40.9 Å². The molecule has 1 atom stereocenters. The summed E-state index contributed by atoms with van der Waals surface area (Å²) in [6.45, 7) is 2.03. The number of nitrogens with zero attached hydrogens (tertiary/aromatic N) is 1. The second-order valence-electron chi connectivity index (χ2n) is 6.83. The zero-order valence-corrected chi connectivity index (χ0v) is 11.3. The van der Waals surface area contributed by atoms with Crippen LogP contribution in [0.2, 0.25) is 0 Å². The van der Waals surface area contributed by atoms with Crippen LogP contribution < -0.4 is 0 Å². The maximum absolute atomic E-state index is 12.2. The Morgan fingerprint density at radius 3 is 2.17 bits per heavy atom. The molecule has 2 heteroatoms. The summed E-state index contributed by atoms with van der Waals surface area (Å²) < 4.78 is 0. The maximum atomic E-state index is 12.2. The molecule has 1 unspecified atom stereocenters. The minimum Gasteiger partial charge on any atom is -0.298 e. The van der Waals surface area contributed by atoms with Gasteiger partial charge < -0.3 is 0 Å². The van der Waals surface area contributed by atoms with Gasteiger partial charge in [0.25, 0.3) is 0 Å². The van der Waals surface area contributed by atoms with Crippen molar-refractivity contribution in [2.75, 3.05) is 0 Å². The molecule has 4 aliphatic carbocycles. The van der Waals surface area contributed by atoms with Crippen LogP contribution in [-0.4, -0.2) is 5.78 Å². The van der Waals surface area contributed by atoms with Crippen LogP contribution in [-0.2, 0) is 4.79 Å². The van der Waals surface area contributed by atoms with Gasteiger partial charge in [-0.25, -0.2) is 0 Å². The van der Waals surface area contributed by atoms with Crippen molar-refractivity contribution in [2.45, 2.75) is 51.9 Å². The Kier molecular flexibility index (Phi) is 3.18. The average molecular weight is 245 g/mol. The molecule has 0 N–H and O–H groups in total. The van der Waals surface area contributed by atoms with Gasteiger partial charge in [-0.2, -0.15) is 5.26 Å². The van der Waals surface area contributed by atoms with Gasteiger partial charge in [-0.05, 0) is 68.1 Å². The molecule has 0 aromatic rings. The number of nitriles is 1. The van der Waals surface area contributed by atoms with E-state index in [9.17, 15) is 10.1 Å². The van der Waals surface area contributed by atoms with Crippen LogP contribution >= 0.6 is 0 Å². The first kappa shape index (κ1) is 12.2. The van der Waals surface area contributed by atoms with E-state index in [4.69, 9.17) is 0 Å². The van der Waals surface area contributed by atoms with E-state index in [2.05, 4.69) is 6.07 Å². The molecule has 2 nitrogen and oxygen atoms in total. The summed E-state index contributed by atoms with van der Waals surface area (Å²) in [5.41, 5.74) is 0. The largest absolute Gasteiger partial charge is 0.298 e. The summed E-state index contributed by atoms with van der Waals surface area (Å²) in [6, 6.07) is 2.37. The predicted molar refractivity (Wildman–Crippen MR) is 69.6 cm³/mol. The fraction of sp³-hybridized carbons (Fsp3) is 0.875. The summed E-state index contributed by atoms with van der Waals surface area (Å²) in [4.78, 5) is 12.2. The monoisotopic (exact) mass is 245 g/mol. The van der Waals surface area contributed by atoms with Crippen LogP contribution in [0.15, 0.2) is 0 Å². The number of ketones is 1. The summed E-state index contributed by atoms with van der Waals surface area (Å²) in [5.74, 6) is 3.55. The highest BCUT2D eigenvalue weighted by Crippen LogP contribution is 2.58. The van der Waals surface area contributed by atoms with Gasteiger partial charge in [-0.3, -0.25) is 4.79 Å². The Bertz CT molecular complexity index is 353. The van der Waals surface area contributed by atoms with E-state index in [1.54, 1.807) is 0 Å². The molecule has 18 heavy (non-hydrogen) atoms. The normalized spacial score (nSPS) is 42.6. The predicted octanol–water partition coefficient (Wildman–Crippen LogP) is 3.57. The molecule has 98 valence electrons. The third-order valence-corrected chi connectivity index (χ3v) is 5.67. The van der Waals surface area contributed by atoms with Gasteiger partial charge >= 0.3 is 0 Å². The van der Waals surface area contributed by atoms with Crippen molar-refractivity contribution in [2.24, 2.45) is 35.5 Å². The van der Waals surface area contributed by atoms with Crippen molar-refractivity contribution in [3.8, 4) is 6.07 Å². The molecule has 0 heterocycles. The zero-order chi connectivity index (χ0) is 12.7. The number of hydrogen-bond acceptors (Lipinski definition) is 2. The van der Waals surface area contributed by atoms with Crippen LogP contribution in [0.4, 0.5) is 0 Å². The highest BCUT2D eigenvalue weighted by Gasteiger charge is 2.51. The lowest BCUT2D eigenvalue weighted by Crippen LogP contribution is -2.48. The first-order valence-electron chi connectivity index (χ1n) is 7.65. The van der Waals surface area contributed by atoms with Crippen molar-refractivity contribution in [1.29, 1.82) is 5.26 Å². The van der Waals surface area contributed by atoms with Gasteiger partial charge in [0.15, 0.2) is 0 Å². The summed E-state index contributed by atoms with van der Waals surface area (Å²) in [7, 11) is 0. The van der Waals surface area contributed by atoms with Crippen molar-refractivity contribution < 1.29 is 4.79 Å². The fourth-order valence-corrected chi connectivity index (χ4v) is 5.29. The molecule has 4 saturated carbocycles. The highest BCUT2D eigenvalue weighted by atomic mass is 16.1. The first-order valence-corrected chi connectivity index (χ1v) is 7.65. The third-order valence-electron chi connectivity index (χ3n) is 5.67. The van der Waals surface area contributed by atoms with Gasteiger partial charge in [0.1, 0.15) is 11.7 Å². The molecule has 0 radical (unpaired) electrons. The lowest BCUT2D eigenvalue weighted by Gasteiger charge is -2.55. The van der Waals surface area contributed by atoms with E-state index in [1.807, 2.05) is 6.92 Å². The smallest absolute Gasteiger partial charge is 0.150 e. The SMILES string of the molecule is CCCC(=O)C(C#N)C1C2CC3CC(C2)CC1C3. The molecular formula is C16H23NO. The Hall–Kier alpha value is -0.840. The minimum atomic E-state index is -0.292. The fourth-order valence-electron chi connectivity index (χ4n) is 5.29. The molecule has 0 aromatic heterocycles. The van der Waals surface area contributed by atoms with Gasteiger partial charge in [-0.1, -0.05) is 6.92 Å². The average Bonchev–Trinajstić information content (AvgIpc) is 2.33. The summed E-state index contributed by atoms with van der Waals surface area (Å²) in [5, 5.41) is 9.44. The number of carbonyl (C=O) groups excluding carboxylic acids is 1. The van der Waals surface area contributed by atoms with Gasteiger partial charge in [0.2, 0.25) is 0 Å². The number of rotatable bonds is 4. The van der Waals surface area contributed by atoms with E-state index < -0.39 is 0 Å². The van der Waals surface area contributed by atoms with E-state index in [-0.39, 0.29) is 11.7 Å². The number of Topliss-reactive ketones (excluding diaryl/α,β-unsaturated/α-hetero) is 1. The number of carbonyl (C=O) groups is 1. The molecule has 0 aromatic carbocycles. The minimum absolute atomic E-state index is 0.220. The summed E-state index contributed by atoms with van der Waals surface area (Å²) in [6.07, 6.45) is 8.11. The molecule has 4 bridgehead atoms. The van der Waals surface area contributed by atoms with Crippen molar-refractivity contribution in [3.63, 3.8) is 0 Å². The van der Waals surface area contributed by atoms with Gasteiger partial charge in [-0.15, -0.1) is 0 Å². The van der Waals surface area contributed by atoms with E-state index >= 15 is 0 Å².